The molecule has 15 heavy (non-hydrogen) atoms. The summed E-state index contributed by atoms with van der Waals surface area (Å²) in [7, 11) is 0. The molecule has 0 fully saturated rings. The molecule has 2 nitrogen and oxygen atoms in total. The Morgan fingerprint density at radius 3 is 2.13 bits per heavy atom. The van der Waals surface area contributed by atoms with Gasteiger partial charge in [-0.1, -0.05) is 25.7 Å². The van der Waals surface area contributed by atoms with Gasteiger partial charge in [0.05, 0.1) is 0 Å². The monoisotopic (exact) mass is 236 g/mol. The number of ether oxygens (including phenoxy) is 2. The van der Waals surface area contributed by atoms with E-state index in [1.165, 1.54) is 25.7 Å². The Labute approximate surface area is 99.3 Å². The zero-order chi connectivity index (χ0) is 11.4. The Morgan fingerprint density at radius 2 is 1.53 bits per heavy atom. The van der Waals surface area contributed by atoms with Crippen LogP contribution in [0.2, 0.25) is 0 Å². The topological polar surface area (TPSA) is 18.5 Å². The molecule has 0 saturated carbocycles. The zero-order valence-corrected chi connectivity index (χ0v) is 10.9. The second-order valence-electron chi connectivity index (χ2n) is 3.70. The molecule has 0 amide bonds. The molecule has 0 aliphatic carbocycles. The summed E-state index contributed by atoms with van der Waals surface area (Å²) in [5, 5.41) is 0. The van der Waals surface area contributed by atoms with Crippen LogP contribution >= 0.6 is 11.6 Å². The van der Waals surface area contributed by atoms with Gasteiger partial charge in [0.15, 0.2) is 6.29 Å². The van der Waals surface area contributed by atoms with Crippen molar-refractivity contribution in [2.45, 2.75) is 58.7 Å². The van der Waals surface area contributed by atoms with Gasteiger partial charge in [0, 0.05) is 19.1 Å². The van der Waals surface area contributed by atoms with Crippen LogP contribution in [-0.4, -0.2) is 25.4 Å². The highest BCUT2D eigenvalue weighted by atomic mass is 35.5. The molecule has 0 heterocycles. The fraction of sp³-hybridized carbons (Fsp3) is 1.00. The Morgan fingerprint density at radius 1 is 0.933 bits per heavy atom. The lowest BCUT2D eigenvalue weighted by Gasteiger charge is -2.12. The van der Waals surface area contributed by atoms with Crippen molar-refractivity contribution in [3.63, 3.8) is 0 Å². The standard InChI is InChI=1S/C12H25ClO2/c1-3-14-12(2)15-11-9-7-5-4-6-8-10-13/h12H,3-11H2,1-2H3. The Balaban J connectivity index is 2.98. The molecule has 0 aromatic carbocycles. The number of rotatable bonds is 11. The predicted octanol–water partition coefficient (Wildman–Crippen LogP) is 3.96. The van der Waals surface area contributed by atoms with Crippen molar-refractivity contribution in [2.75, 3.05) is 19.1 Å². The molecular weight excluding hydrogens is 212 g/mol. The van der Waals surface area contributed by atoms with Crippen LogP contribution in [-0.2, 0) is 9.47 Å². The predicted molar refractivity (Wildman–Crippen MR) is 65.5 cm³/mol. The highest BCUT2D eigenvalue weighted by molar-refractivity contribution is 6.17. The van der Waals surface area contributed by atoms with E-state index in [0.717, 1.165) is 31.9 Å². The summed E-state index contributed by atoms with van der Waals surface area (Å²) in [6.45, 7) is 5.47. The molecule has 0 rings (SSSR count). The van der Waals surface area contributed by atoms with Crippen molar-refractivity contribution in [2.24, 2.45) is 0 Å². The van der Waals surface area contributed by atoms with Crippen molar-refractivity contribution in [3.8, 4) is 0 Å². The molecule has 0 aliphatic rings. The summed E-state index contributed by atoms with van der Waals surface area (Å²) < 4.78 is 10.7. The Kier molecular flexibility index (Phi) is 12.5. The van der Waals surface area contributed by atoms with Gasteiger partial charge in [-0.05, 0) is 26.7 Å². The molecular formula is C12H25ClO2. The molecule has 0 aliphatic heterocycles. The first-order valence-electron chi connectivity index (χ1n) is 6.10. The summed E-state index contributed by atoms with van der Waals surface area (Å²) in [5.74, 6) is 0.801. The summed E-state index contributed by atoms with van der Waals surface area (Å²) in [4.78, 5) is 0. The van der Waals surface area contributed by atoms with Crippen molar-refractivity contribution in [1.29, 1.82) is 0 Å². The first-order valence-corrected chi connectivity index (χ1v) is 6.63. The van der Waals surface area contributed by atoms with Gasteiger partial charge in [-0.3, -0.25) is 0 Å². The molecule has 0 spiro atoms. The molecule has 0 aromatic rings. The molecule has 0 bridgehead atoms. The number of alkyl halides is 1. The minimum Gasteiger partial charge on any atom is -0.353 e. The van der Waals surface area contributed by atoms with E-state index in [9.17, 15) is 0 Å². The van der Waals surface area contributed by atoms with E-state index < -0.39 is 0 Å². The van der Waals surface area contributed by atoms with Crippen LogP contribution in [0.25, 0.3) is 0 Å². The van der Waals surface area contributed by atoms with E-state index in [2.05, 4.69) is 0 Å². The lowest BCUT2D eigenvalue weighted by atomic mass is 10.1. The van der Waals surface area contributed by atoms with Crippen LogP contribution in [0.4, 0.5) is 0 Å². The summed E-state index contributed by atoms with van der Waals surface area (Å²) in [6.07, 6.45) is 7.35. The van der Waals surface area contributed by atoms with E-state index in [1.807, 2.05) is 13.8 Å². The van der Waals surface area contributed by atoms with E-state index in [4.69, 9.17) is 21.1 Å². The van der Waals surface area contributed by atoms with Crippen LogP contribution in [0.1, 0.15) is 52.4 Å². The minimum absolute atomic E-state index is 0.0498. The second-order valence-corrected chi connectivity index (χ2v) is 4.08. The summed E-state index contributed by atoms with van der Waals surface area (Å²) in [5.41, 5.74) is 0. The van der Waals surface area contributed by atoms with Crippen molar-refractivity contribution < 1.29 is 9.47 Å². The van der Waals surface area contributed by atoms with E-state index in [0.29, 0.717) is 0 Å². The maximum absolute atomic E-state index is 5.59. The van der Waals surface area contributed by atoms with Crippen molar-refractivity contribution >= 4 is 11.6 Å². The van der Waals surface area contributed by atoms with E-state index >= 15 is 0 Å². The molecule has 0 aromatic heterocycles. The van der Waals surface area contributed by atoms with E-state index in [-0.39, 0.29) is 6.29 Å². The lowest BCUT2D eigenvalue weighted by Crippen LogP contribution is -2.13. The van der Waals surface area contributed by atoms with Gasteiger partial charge in [-0.25, -0.2) is 0 Å². The fourth-order valence-electron chi connectivity index (χ4n) is 1.44. The normalized spacial score (nSPS) is 13.0. The first-order chi connectivity index (χ1) is 7.31. The zero-order valence-electron chi connectivity index (χ0n) is 10.1. The minimum atomic E-state index is -0.0498. The summed E-state index contributed by atoms with van der Waals surface area (Å²) >= 11 is 5.59. The lowest BCUT2D eigenvalue weighted by molar-refractivity contribution is -0.127. The Bertz CT molecular complexity index is 120. The molecule has 0 saturated heterocycles. The average Bonchev–Trinajstić information content (AvgIpc) is 2.22. The third-order valence-corrected chi connectivity index (χ3v) is 2.55. The van der Waals surface area contributed by atoms with Crippen molar-refractivity contribution in [3.05, 3.63) is 0 Å². The molecule has 0 N–H and O–H groups in total. The highest BCUT2D eigenvalue weighted by Gasteiger charge is 1.99. The molecule has 3 heteroatoms. The SMILES string of the molecule is CCOC(C)OCCCCCCCCCl. The number of halogens is 1. The van der Waals surface area contributed by atoms with Gasteiger partial charge < -0.3 is 9.47 Å². The molecule has 1 unspecified atom stereocenters. The van der Waals surface area contributed by atoms with Crippen LogP contribution in [0.5, 0.6) is 0 Å². The van der Waals surface area contributed by atoms with Gasteiger partial charge >= 0.3 is 0 Å². The van der Waals surface area contributed by atoms with Crippen LogP contribution in [0.3, 0.4) is 0 Å². The maximum atomic E-state index is 5.59. The molecule has 1 atom stereocenters. The first kappa shape index (κ1) is 15.2. The van der Waals surface area contributed by atoms with Gasteiger partial charge in [0.2, 0.25) is 0 Å². The Hall–Kier alpha value is 0.210. The molecule has 0 radical (unpaired) electrons. The largest absolute Gasteiger partial charge is 0.353 e. The van der Waals surface area contributed by atoms with Gasteiger partial charge in [0.1, 0.15) is 0 Å². The smallest absolute Gasteiger partial charge is 0.154 e. The van der Waals surface area contributed by atoms with Crippen LogP contribution < -0.4 is 0 Å². The van der Waals surface area contributed by atoms with Gasteiger partial charge in [-0.15, -0.1) is 11.6 Å². The number of hydrogen-bond acceptors (Lipinski definition) is 2. The van der Waals surface area contributed by atoms with Crippen LogP contribution in [0.15, 0.2) is 0 Å². The summed E-state index contributed by atoms with van der Waals surface area (Å²) in [6, 6.07) is 0. The average molecular weight is 237 g/mol. The third-order valence-electron chi connectivity index (χ3n) is 2.28. The maximum Gasteiger partial charge on any atom is 0.154 e. The van der Waals surface area contributed by atoms with Gasteiger partial charge in [-0.2, -0.15) is 0 Å². The highest BCUT2D eigenvalue weighted by Crippen LogP contribution is 2.06. The van der Waals surface area contributed by atoms with Crippen LogP contribution in [0, 0.1) is 0 Å². The second kappa shape index (κ2) is 12.3. The quantitative estimate of drug-likeness (QED) is 0.307. The number of unbranched alkanes of at least 4 members (excludes halogenated alkanes) is 5. The van der Waals surface area contributed by atoms with Gasteiger partial charge in [0.25, 0.3) is 0 Å². The van der Waals surface area contributed by atoms with E-state index in [1.54, 1.807) is 0 Å². The third kappa shape index (κ3) is 12.1. The fourth-order valence-corrected chi connectivity index (χ4v) is 1.62. The number of hydrogen-bond donors (Lipinski definition) is 0. The van der Waals surface area contributed by atoms with Crippen molar-refractivity contribution in [1.82, 2.24) is 0 Å². The molecule has 92 valence electrons.